The first-order valence-electron chi connectivity index (χ1n) is 5.43. The molecule has 0 unspecified atom stereocenters. The van der Waals surface area contributed by atoms with Gasteiger partial charge in [0, 0.05) is 20.3 Å². The number of amides is 1. The standard InChI is InChI=1S/C11H20N4O.2ClH/c1-8(2)5-10(12)11(16)15(4)9-6-13-14(3)7-9;;/h6-8,10H,5,12H2,1-4H3;2*1H/t10-;;/m0../s1. The van der Waals surface area contributed by atoms with Crippen molar-refractivity contribution in [1.82, 2.24) is 9.78 Å². The number of aryl methyl sites for hydroxylation is 1. The molecule has 2 N–H and O–H groups in total. The van der Waals surface area contributed by atoms with E-state index in [0.717, 1.165) is 5.69 Å². The zero-order valence-electron chi connectivity index (χ0n) is 11.2. The van der Waals surface area contributed by atoms with Crippen LogP contribution in [0.2, 0.25) is 0 Å². The number of hydrogen-bond acceptors (Lipinski definition) is 3. The van der Waals surface area contributed by atoms with Crippen LogP contribution in [0.15, 0.2) is 12.4 Å². The van der Waals surface area contributed by atoms with Crippen molar-refractivity contribution in [2.45, 2.75) is 26.3 Å². The summed E-state index contributed by atoms with van der Waals surface area (Å²) in [7, 11) is 3.54. The molecule has 1 amide bonds. The average Bonchev–Trinajstić information content (AvgIpc) is 2.61. The van der Waals surface area contributed by atoms with E-state index in [9.17, 15) is 4.79 Å². The van der Waals surface area contributed by atoms with Gasteiger partial charge in [0.2, 0.25) is 5.91 Å². The number of rotatable bonds is 4. The molecule has 1 rings (SSSR count). The Balaban J connectivity index is 0. The molecular formula is C11H22Cl2N4O. The predicted molar refractivity (Wildman–Crippen MR) is 78.5 cm³/mol. The third kappa shape index (κ3) is 5.25. The van der Waals surface area contributed by atoms with E-state index in [1.807, 2.05) is 7.05 Å². The van der Waals surface area contributed by atoms with Gasteiger partial charge in [0.05, 0.1) is 17.9 Å². The second kappa shape index (κ2) is 8.34. The van der Waals surface area contributed by atoms with Gasteiger partial charge in [-0.15, -0.1) is 24.8 Å². The Bertz CT molecular complexity index is 368. The maximum Gasteiger partial charge on any atom is 0.243 e. The maximum absolute atomic E-state index is 12.0. The largest absolute Gasteiger partial charge is 0.320 e. The van der Waals surface area contributed by atoms with Crippen LogP contribution in [0.1, 0.15) is 20.3 Å². The number of nitrogens with zero attached hydrogens (tertiary/aromatic N) is 3. The number of carbonyl (C=O) groups excluding carboxylic acids is 1. The van der Waals surface area contributed by atoms with Gasteiger partial charge < -0.3 is 10.6 Å². The van der Waals surface area contributed by atoms with E-state index in [-0.39, 0.29) is 30.7 Å². The Hall–Kier alpha value is -0.780. The Morgan fingerprint density at radius 3 is 2.44 bits per heavy atom. The van der Waals surface area contributed by atoms with Crippen molar-refractivity contribution >= 4 is 36.4 Å². The van der Waals surface area contributed by atoms with Gasteiger partial charge in [-0.05, 0) is 12.3 Å². The van der Waals surface area contributed by atoms with Crippen molar-refractivity contribution < 1.29 is 4.79 Å². The van der Waals surface area contributed by atoms with Crippen LogP contribution in [-0.4, -0.2) is 28.8 Å². The molecule has 0 aromatic carbocycles. The lowest BCUT2D eigenvalue weighted by Gasteiger charge is -2.20. The summed E-state index contributed by atoms with van der Waals surface area (Å²) in [6.07, 6.45) is 4.14. The van der Waals surface area contributed by atoms with Gasteiger partial charge in [-0.3, -0.25) is 9.48 Å². The van der Waals surface area contributed by atoms with Crippen molar-refractivity contribution in [1.29, 1.82) is 0 Å². The molecule has 0 bridgehead atoms. The highest BCUT2D eigenvalue weighted by molar-refractivity contribution is 5.96. The molecule has 1 aromatic rings. The fraction of sp³-hybridized carbons (Fsp3) is 0.636. The zero-order valence-corrected chi connectivity index (χ0v) is 12.8. The van der Waals surface area contributed by atoms with Gasteiger partial charge in [0.15, 0.2) is 0 Å². The van der Waals surface area contributed by atoms with Crippen molar-refractivity contribution in [3.05, 3.63) is 12.4 Å². The summed E-state index contributed by atoms with van der Waals surface area (Å²) < 4.78 is 1.66. The fourth-order valence-electron chi connectivity index (χ4n) is 1.57. The van der Waals surface area contributed by atoms with E-state index in [1.165, 1.54) is 0 Å². The van der Waals surface area contributed by atoms with Crippen LogP contribution in [0.4, 0.5) is 5.69 Å². The number of nitrogens with two attached hydrogens (primary N) is 1. The highest BCUT2D eigenvalue weighted by Crippen LogP contribution is 2.13. The molecule has 0 aliphatic heterocycles. The lowest BCUT2D eigenvalue weighted by Crippen LogP contribution is -2.42. The number of hydrogen-bond donors (Lipinski definition) is 1. The second-order valence-electron chi connectivity index (χ2n) is 4.51. The molecule has 1 aromatic heterocycles. The minimum absolute atomic E-state index is 0. The Kier molecular flexibility index (Phi) is 9.07. The molecule has 7 heteroatoms. The predicted octanol–water partition coefficient (Wildman–Crippen LogP) is 1.60. The number of aromatic nitrogens is 2. The normalized spacial score (nSPS) is 11.4. The van der Waals surface area contributed by atoms with Crippen LogP contribution in [0.5, 0.6) is 0 Å². The fourth-order valence-corrected chi connectivity index (χ4v) is 1.57. The van der Waals surface area contributed by atoms with Crippen LogP contribution in [0.25, 0.3) is 0 Å². The molecule has 18 heavy (non-hydrogen) atoms. The molecule has 0 aliphatic carbocycles. The van der Waals surface area contributed by atoms with Crippen LogP contribution in [-0.2, 0) is 11.8 Å². The highest BCUT2D eigenvalue weighted by atomic mass is 35.5. The van der Waals surface area contributed by atoms with Gasteiger partial charge in [-0.25, -0.2) is 0 Å². The SMILES string of the molecule is CC(C)C[C@H](N)C(=O)N(C)c1cnn(C)c1.Cl.Cl. The summed E-state index contributed by atoms with van der Waals surface area (Å²) >= 11 is 0. The summed E-state index contributed by atoms with van der Waals surface area (Å²) in [5.74, 6) is 0.350. The van der Waals surface area contributed by atoms with Gasteiger partial charge in [-0.1, -0.05) is 13.8 Å². The molecule has 0 radical (unpaired) electrons. The molecule has 5 nitrogen and oxygen atoms in total. The first-order valence-corrected chi connectivity index (χ1v) is 5.43. The first-order chi connectivity index (χ1) is 7.41. The quantitative estimate of drug-likeness (QED) is 0.918. The van der Waals surface area contributed by atoms with Crippen LogP contribution in [0, 0.1) is 5.92 Å². The summed E-state index contributed by atoms with van der Waals surface area (Å²) in [6.45, 7) is 4.11. The smallest absolute Gasteiger partial charge is 0.243 e. The van der Waals surface area contributed by atoms with Crippen molar-refractivity contribution in [3.63, 3.8) is 0 Å². The van der Waals surface area contributed by atoms with E-state index in [1.54, 1.807) is 29.0 Å². The summed E-state index contributed by atoms with van der Waals surface area (Å²) in [5.41, 5.74) is 6.61. The van der Waals surface area contributed by atoms with E-state index in [2.05, 4.69) is 18.9 Å². The Labute approximate surface area is 121 Å². The zero-order chi connectivity index (χ0) is 12.3. The number of likely N-dealkylation sites (N-methyl/N-ethyl adjacent to an activating group) is 1. The van der Waals surface area contributed by atoms with E-state index in [0.29, 0.717) is 12.3 Å². The number of halogens is 2. The summed E-state index contributed by atoms with van der Waals surface area (Å²) in [5, 5.41) is 4.02. The molecule has 0 saturated heterocycles. The van der Waals surface area contributed by atoms with E-state index >= 15 is 0 Å². The van der Waals surface area contributed by atoms with Crippen LogP contribution < -0.4 is 10.6 Å². The molecule has 1 atom stereocenters. The number of anilines is 1. The van der Waals surface area contributed by atoms with Gasteiger partial charge in [0.25, 0.3) is 0 Å². The molecular weight excluding hydrogens is 275 g/mol. The van der Waals surface area contributed by atoms with Gasteiger partial charge in [-0.2, -0.15) is 5.10 Å². The molecule has 0 spiro atoms. The summed E-state index contributed by atoms with van der Waals surface area (Å²) in [6, 6.07) is -0.440. The highest BCUT2D eigenvalue weighted by Gasteiger charge is 2.20. The van der Waals surface area contributed by atoms with E-state index < -0.39 is 6.04 Å². The molecule has 1 heterocycles. The van der Waals surface area contributed by atoms with Crippen molar-refractivity contribution in [2.24, 2.45) is 18.7 Å². The lowest BCUT2D eigenvalue weighted by molar-refractivity contribution is -0.119. The third-order valence-electron chi connectivity index (χ3n) is 2.45. The molecule has 0 aliphatic rings. The van der Waals surface area contributed by atoms with Crippen molar-refractivity contribution in [3.8, 4) is 0 Å². The van der Waals surface area contributed by atoms with Crippen LogP contribution >= 0.6 is 24.8 Å². The molecule has 0 saturated carbocycles. The second-order valence-corrected chi connectivity index (χ2v) is 4.51. The van der Waals surface area contributed by atoms with Gasteiger partial charge in [0.1, 0.15) is 0 Å². The Morgan fingerprint density at radius 2 is 2.06 bits per heavy atom. The molecule has 106 valence electrons. The lowest BCUT2D eigenvalue weighted by atomic mass is 10.0. The Morgan fingerprint density at radius 1 is 1.50 bits per heavy atom. The maximum atomic E-state index is 12.0. The minimum Gasteiger partial charge on any atom is -0.320 e. The summed E-state index contributed by atoms with van der Waals surface area (Å²) in [4.78, 5) is 13.5. The molecule has 0 fully saturated rings. The minimum atomic E-state index is -0.440. The van der Waals surface area contributed by atoms with Crippen LogP contribution in [0.3, 0.4) is 0 Å². The van der Waals surface area contributed by atoms with E-state index in [4.69, 9.17) is 5.73 Å². The van der Waals surface area contributed by atoms with Crippen molar-refractivity contribution in [2.75, 3.05) is 11.9 Å². The van der Waals surface area contributed by atoms with Gasteiger partial charge >= 0.3 is 0 Å². The average molecular weight is 297 g/mol. The monoisotopic (exact) mass is 296 g/mol. The number of carbonyl (C=O) groups is 1. The first kappa shape index (κ1) is 19.6. The topological polar surface area (TPSA) is 64.2 Å². The third-order valence-corrected chi connectivity index (χ3v) is 2.45.